The minimum Gasteiger partial charge on any atom is -0.382 e. The molecule has 1 aliphatic rings. The van der Waals surface area contributed by atoms with Crippen LogP contribution in [0.25, 0.3) is 0 Å². The molecule has 1 N–H and O–H groups in total. The molecule has 0 bridgehead atoms. The van der Waals surface area contributed by atoms with Crippen LogP contribution in [-0.2, 0) is 4.79 Å². The zero-order chi connectivity index (χ0) is 9.97. The van der Waals surface area contributed by atoms with Crippen molar-refractivity contribution < 1.29 is 9.90 Å². The van der Waals surface area contributed by atoms with Gasteiger partial charge >= 0.3 is 0 Å². The fourth-order valence-electron chi connectivity index (χ4n) is 1.58. The Morgan fingerprint density at radius 1 is 1.43 bits per heavy atom. The van der Waals surface area contributed by atoms with Gasteiger partial charge in [0.15, 0.2) is 5.78 Å². The number of carbonyl (C=O) groups is 1. The summed E-state index contributed by atoms with van der Waals surface area (Å²) in [5, 5.41) is 9.84. The highest BCUT2D eigenvalue weighted by molar-refractivity contribution is 5.98. The van der Waals surface area contributed by atoms with E-state index >= 15 is 0 Å². The molecule has 0 saturated carbocycles. The normalized spacial score (nSPS) is 18.1. The maximum absolute atomic E-state index is 11.3. The van der Waals surface area contributed by atoms with E-state index in [2.05, 4.69) is 4.98 Å². The fraction of sp³-hybridized carbons (Fsp3) is 0.273. The predicted octanol–water partition coefficient (Wildman–Crippen LogP) is 1.40. The molecular formula is C11H11NO2. The molecule has 72 valence electrons. The first-order valence-electron chi connectivity index (χ1n) is 4.61. The number of carbonyl (C=O) groups excluding carboxylic acids is 1. The molecule has 0 aliphatic heterocycles. The molecule has 0 spiro atoms. The molecule has 1 unspecified atom stereocenters. The van der Waals surface area contributed by atoms with Crippen LogP contribution in [0.2, 0.25) is 0 Å². The first kappa shape index (κ1) is 9.09. The Morgan fingerprint density at radius 3 is 2.86 bits per heavy atom. The number of ketones is 1. The molecule has 3 nitrogen and oxygen atoms in total. The van der Waals surface area contributed by atoms with Gasteiger partial charge in [0.1, 0.15) is 6.10 Å². The van der Waals surface area contributed by atoms with Gasteiger partial charge in [0, 0.05) is 18.2 Å². The Morgan fingerprint density at radius 2 is 2.29 bits per heavy atom. The standard InChI is InChI=1S/C11H11NO2/c13-10-6-3-4-8(10)11(14)9-5-1-2-7-12-9/h1-2,4-5,7,11,14H,3,6H2. The smallest absolute Gasteiger partial charge is 0.161 e. The molecule has 1 aromatic heterocycles. The van der Waals surface area contributed by atoms with Gasteiger partial charge in [0.2, 0.25) is 0 Å². The lowest BCUT2D eigenvalue weighted by Crippen LogP contribution is -2.08. The molecule has 3 heteroatoms. The second-order valence-corrected chi connectivity index (χ2v) is 3.28. The van der Waals surface area contributed by atoms with Crippen LogP contribution in [0, 0.1) is 0 Å². The Balaban J connectivity index is 2.24. The van der Waals surface area contributed by atoms with Crippen molar-refractivity contribution in [2.45, 2.75) is 18.9 Å². The van der Waals surface area contributed by atoms with E-state index in [0.717, 1.165) is 6.42 Å². The summed E-state index contributed by atoms with van der Waals surface area (Å²) in [7, 11) is 0. The summed E-state index contributed by atoms with van der Waals surface area (Å²) in [6.07, 6.45) is 3.79. The highest BCUT2D eigenvalue weighted by Crippen LogP contribution is 2.26. The van der Waals surface area contributed by atoms with E-state index in [1.165, 1.54) is 0 Å². The van der Waals surface area contributed by atoms with Crippen molar-refractivity contribution in [3.8, 4) is 0 Å². The number of aliphatic hydroxyl groups is 1. The number of aromatic nitrogens is 1. The van der Waals surface area contributed by atoms with Crippen LogP contribution >= 0.6 is 0 Å². The maximum Gasteiger partial charge on any atom is 0.161 e. The number of hydrogen-bond acceptors (Lipinski definition) is 3. The van der Waals surface area contributed by atoms with Crippen molar-refractivity contribution in [3.63, 3.8) is 0 Å². The Labute approximate surface area is 82.1 Å². The third-order valence-corrected chi connectivity index (χ3v) is 2.32. The van der Waals surface area contributed by atoms with Crippen molar-refractivity contribution in [1.29, 1.82) is 0 Å². The highest BCUT2D eigenvalue weighted by Gasteiger charge is 2.23. The summed E-state index contributed by atoms with van der Waals surface area (Å²) in [5.41, 5.74) is 1.03. The van der Waals surface area contributed by atoms with Gasteiger partial charge in [0.05, 0.1) is 5.69 Å². The molecule has 0 radical (unpaired) electrons. The van der Waals surface area contributed by atoms with Crippen LogP contribution in [0.4, 0.5) is 0 Å². The summed E-state index contributed by atoms with van der Waals surface area (Å²) >= 11 is 0. The molecule has 14 heavy (non-hydrogen) atoms. The maximum atomic E-state index is 11.3. The molecule has 0 amide bonds. The van der Waals surface area contributed by atoms with Gasteiger partial charge in [-0.3, -0.25) is 9.78 Å². The zero-order valence-corrected chi connectivity index (χ0v) is 7.68. The zero-order valence-electron chi connectivity index (χ0n) is 7.68. The van der Waals surface area contributed by atoms with Gasteiger partial charge in [-0.15, -0.1) is 0 Å². The lowest BCUT2D eigenvalue weighted by molar-refractivity contribution is -0.115. The number of allylic oxidation sites excluding steroid dienone is 1. The summed E-state index contributed by atoms with van der Waals surface area (Å²) in [6.45, 7) is 0. The highest BCUT2D eigenvalue weighted by atomic mass is 16.3. The number of Topliss-reactive ketones (excluding diaryl/α,β-unsaturated/α-hetero) is 1. The second kappa shape index (κ2) is 3.72. The van der Waals surface area contributed by atoms with Gasteiger partial charge in [-0.25, -0.2) is 0 Å². The Hall–Kier alpha value is -1.48. The van der Waals surface area contributed by atoms with E-state index in [1.54, 1.807) is 30.5 Å². The Kier molecular flexibility index (Phi) is 2.41. The summed E-state index contributed by atoms with van der Waals surface area (Å²) in [5.74, 6) is 0.0307. The number of nitrogens with zero attached hydrogens (tertiary/aromatic N) is 1. The lowest BCUT2D eigenvalue weighted by atomic mass is 10.1. The Bertz CT molecular complexity index is 370. The average molecular weight is 189 g/mol. The van der Waals surface area contributed by atoms with Crippen LogP contribution in [0.5, 0.6) is 0 Å². The van der Waals surface area contributed by atoms with Crippen molar-refractivity contribution in [3.05, 3.63) is 41.7 Å². The molecule has 1 atom stereocenters. The van der Waals surface area contributed by atoms with E-state index in [9.17, 15) is 9.90 Å². The molecule has 0 saturated heterocycles. The number of hydrogen-bond donors (Lipinski definition) is 1. The molecule has 0 fully saturated rings. The molecule has 1 aromatic rings. The van der Waals surface area contributed by atoms with Gasteiger partial charge < -0.3 is 5.11 Å². The summed E-state index contributed by atoms with van der Waals surface area (Å²) < 4.78 is 0. The van der Waals surface area contributed by atoms with Crippen LogP contribution in [-0.4, -0.2) is 15.9 Å². The van der Waals surface area contributed by atoms with Crippen LogP contribution in [0.15, 0.2) is 36.0 Å². The average Bonchev–Trinajstić information content (AvgIpc) is 2.65. The number of rotatable bonds is 2. The summed E-state index contributed by atoms with van der Waals surface area (Å²) in [6, 6.07) is 5.30. The quantitative estimate of drug-likeness (QED) is 0.765. The van der Waals surface area contributed by atoms with Gasteiger partial charge in [0.25, 0.3) is 0 Å². The van der Waals surface area contributed by atoms with E-state index in [-0.39, 0.29) is 5.78 Å². The third kappa shape index (κ3) is 1.59. The third-order valence-electron chi connectivity index (χ3n) is 2.32. The van der Waals surface area contributed by atoms with Gasteiger partial charge in [-0.05, 0) is 18.6 Å². The van der Waals surface area contributed by atoms with Crippen molar-refractivity contribution >= 4 is 5.78 Å². The van der Waals surface area contributed by atoms with E-state index < -0.39 is 6.10 Å². The molecule has 2 rings (SSSR count). The molecular weight excluding hydrogens is 178 g/mol. The number of aliphatic hydroxyl groups excluding tert-OH is 1. The molecule has 1 heterocycles. The first-order valence-corrected chi connectivity index (χ1v) is 4.61. The fourth-order valence-corrected chi connectivity index (χ4v) is 1.58. The van der Waals surface area contributed by atoms with E-state index in [0.29, 0.717) is 17.7 Å². The number of pyridine rings is 1. The minimum absolute atomic E-state index is 0.0307. The minimum atomic E-state index is -0.855. The SMILES string of the molecule is O=C1CCC=C1C(O)c1ccccn1. The largest absolute Gasteiger partial charge is 0.382 e. The monoisotopic (exact) mass is 189 g/mol. The van der Waals surface area contributed by atoms with E-state index in [1.807, 2.05) is 0 Å². The van der Waals surface area contributed by atoms with Crippen molar-refractivity contribution in [1.82, 2.24) is 4.98 Å². The van der Waals surface area contributed by atoms with Gasteiger partial charge in [-0.1, -0.05) is 12.1 Å². The van der Waals surface area contributed by atoms with Gasteiger partial charge in [-0.2, -0.15) is 0 Å². The van der Waals surface area contributed by atoms with E-state index in [4.69, 9.17) is 0 Å². The lowest BCUT2D eigenvalue weighted by Gasteiger charge is -2.09. The molecule has 0 aromatic carbocycles. The van der Waals surface area contributed by atoms with Crippen molar-refractivity contribution in [2.24, 2.45) is 0 Å². The van der Waals surface area contributed by atoms with Crippen LogP contribution in [0.1, 0.15) is 24.6 Å². The van der Waals surface area contributed by atoms with Crippen molar-refractivity contribution in [2.75, 3.05) is 0 Å². The van der Waals surface area contributed by atoms with Crippen LogP contribution in [0.3, 0.4) is 0 Å². The predicted molar refractivity (Wildman–Crippen MR) is 51.5 cm³/mol. The second-order valence-electron chi connectivity index (χ2n) is 3.28. The topological polar surface area (TPSA) is 50.2 Å². The molecule has 1 aliphatic carbocycles. The summed E-state index contributed by atoms with van der Waals surface area (Å²) in [4.78, 5) is 15.3. The van der Waals surface area contributed by atoms with Crippen LogP contribution < -0.4 is 0 Å². The first-order chi connectivity index (χ1) is 6.79.